The van der Waals surface area contributed by atoms with Gasteiger partial charge in [0.1, 0.15) is 22.5 Å². The first-order chi connectivity index (χ1) is 18.2. The van der Waals surface area contributed by atoms with Crippen molar-refractivity contribution < 1.29 is 31.9 Å². The van der Waals surface area contributed by atoms with Crippen LogP contribution in [0.5, 0.6) is 5.75 Å². The minimum absolute atomic E-state index is 0.00623. The third-order valence-electron chi connectivity index (χ3n) is 7.04. The van der Waals surface area contributed by atoms with Crippen molar-refractivity contribution >= 4 is 27.5 Å². The van der Waals surface area contributed by atoms with Crippen molar-refractivity contribution in [3.05, 3.63) is 53.8 Å². The highest BCUT2D eigenvalue weighted by Crippen LogP contribution is 2.29. The number of benzene rings is 2. The Kier molecular flexibility index (Phi) is 9.35. The number of ether oxygens (including phenoxy) is 2. The second-order valence-electron chi connectivity index (χ2n) is 9.78. The minimum atomic E-state index is -3.80. The number of nitrogens with one attached hydrogen (secondary N) is 3. The van der Waals surface area contributed by atoms with Crippen molar-refractivity contribution in [2.24, 2.45) is 5.92 Å². The Balaban J connectivity index is 1.50. The molecule has 2 amide bonds. The van der Waals surface area contributed by atoms with Gasteiger partial charge in [0.25, 0.3) is 5.91 Å². The lowest BCUT2D eigenvalue weighted by molar-refractivity contribution is -0.118. The molecule has 2 aliphatic rings. The first kappa shape index (κ1) is 28.0. The van der Waals surface area contributed by atoms with Crippen LogP contribution in [0.2, 0.25) is 0 Å². The summed E-state index contributed by atoms with van der Waals surface area (Å²) in [7, 11) is -2.43. The van der Waals surface area contributed by atoms with Crippen LogP contribution in [0.3, 0.4) is 0 Å². The molecule has 1 saturated carbocycles. The molecular formula is C27H34FN3O6S. The van der Waals surface area contributed by atoms with Crippen LogP contribution in [0.25, 0.3) is 0 Å². The molecule has 3 N–H and O–H groups in total. The Morgan fingerprint density at radius 2 is 1.74 bits per heavy atom. The summed E-state index contributed by atoms with van der Waals surface area (Å²) in [4.78, 5) is 26.2. The van der Waals surface area contributed by atoms with Gasteiger partial charge in [0.2, 0.25) is 15.9 Å². The number of sulfonamides is 1. The molecule has 0 spiro atoms. The number of carbonyl (C=O) groups excluding carboxylic acids is 2. The Labute approximate surface area is 222 Å². The number of carbonyl (C=O) groups is 2. The van der Waals surface area contributed by atoms with E-state index in [-0.39, 0.29) is 28.2 Å². The molecular weight excluding hydrogens is 513 g/mol. The van der Waals surface area contributed by atoms with Crippen molar-refractivity contribution in [2.45, 2.75) is 61.9 Å². The Bertz CT molecular complexity index is 1230. The summed E-state index contributed by atoms with van der Waals surface area (Å²) in [6.07, 6.45) is 5.51. The molecule has 1 aliphatic heterocycles. The highest BCUT2D eigenvalue weighted by molar-refractivity contribution is 7.89. The lowest BCUT2D eigenvalue weighted by Gasteiger charge is -2.27. The topological polar surface area (TPSA) is 123 Å². The summed E-state index contributed by atoms with van der Waals surface area (Å²) in [5.41, 5.74) is 0.571. The normalized spacial score (nSPS) is 17.6. The largest absolute Gasteiger partial charge is 0.495 e. The average molecular weight is 548 g/mol. The lowest BCUT2D eigenvalue weighted by atomic mass is 9.92. The van der Waals surface area contributed by atoms with Gasteiger partial charge in [-0.15, -0.1) is 0 Å². The summed E-state index contributed by atoms with van der Waals surface area (Å²) in [5.74, 6) is -1.12. The van der Waals surface area contributed by atoms with Gasteiger partial charge in [-0.1, -0.05) is 12.8 Å². The van der Waals surface area contributed by atoms with Crippen molar-refractivity contribution in [3.8, 4) is 5.75 Å². The standard InChI is InChI=1S/C27H34FN3O6S/c1-36-24-17-22(10-11-25(24)38(34,35)31-21-4-2-3-5-21)29-27(33)23(16-18-12-14-37-15-13-18)30-26(32)19-6-8-20(28)9-7-19/h6-11,17-18,21,23,31H,2-5,12-16H2,1H3,(H,29,33)(H,30,32)/t23-/m0/s1. The molecule has 206 valence electrons. The molecule has 2 aromatic carbocycles. The van der Waals surface area contributed by atoms with Crippen LogP contribution in [0.1, 0.15) is 55.3 Å². The number of amides is 2. The number of halogens is 1. The molecule has 2 fully saturated rings. The summed E-state index contributed by atoms with van der Waals surface area (Å²) in [6, 6.07) is 8.48. The van der Waals surface area contributed by atoms with Crippen LogP contribution in [0, 0.1) is 11.7 Å². The summed E-state index contributed by atoms with van der Waals surface area (Å²) >= 11 is 0. The maximum atomic E-state index is 13.3. The zero-order valence-electron chi connectivity index (χ0n) is 21.4. The van der Waals surface area contributed by atoms with Crippen LogP contribution >= 0.6 is 0 Å². The van der Waals surface area contributed by atoms with Gasteiger partial charge in [-0.3, -0.25) is 9.59 Å². The molecule has 0 radical (unpaired) electrons. The van der Waals surface area contributed by atoms with E-state index < -0.39 is 33.7 Å². The first-order valence-corrected chi connectivity index (χ1v) is 14.4. The van der Waals surface area contributed by atoms with E-state index >= 15 is 0 Å². The zero-order chi connectivity index (χ0) is 27.1. The quantitative estimate of drug-likeness (QED) is 0.418. The molecule has 11 heteroatoms. The smallest absolute Gasteiger partial charge is 0.251 e. The van der Waals surface area contributed by atoms with E-state index in [9.17, 15) is 22.4 Å². The monoisotopic (exact) mass is 547 g/mol. The predicted molar refractivity (Wildman–Crippen MR) is 140 cm³/mol. The third-order valence-corrected chi connectivity index (χ3v) is 8.60. The Hall–Kier alpha value is -3.02. The maximum absolute atomic E-state index is 13.3. The van der Waals surface area contributed by atoms with E-state index in [1.165, 1.54) is 49.6 Å². The molecule has 0 unspecified atom stereocenters. The molecule has 0 bridgehead atoms. The van der Waals surface area contributed by atoms with Gasteiger partial charge in [0, 0.05) is 36.6 Å². The van der Waals surface area contributed by atoms with E-state index in [4.69, 9.17) is 9.47 Å². The first-order valence-electron chi connectivity index (χ1n) is 12.9. The highest BCUT2D eigenvalue weighted by Gasteiger charge is 2.28. The van der Waals surface area contributed by atoms with Crippen LogP contribution in [-0.2, 0) is 19.6 Å². The lowest BCUT2D eigenvalue weighted by Crippen LogP contribution is -2.45. The van der Waals surface area contributed by atoms with E-state index in [0.717, 1.165) is 38.5 Å². The molecule has 1 heterocycles. The SMILES string of the molecule is COc1cc(NC(=O)[C@H](CC2CCOCC2)NC(=O)c2ccc(F)cc2)ccc1S(=O)(=O)NC1CCCC1. The second kappa shape index (κ2) is 12.7. The fourth-order valence-electron chi connectivity index (χ4n) is 4.91. The zero-order valence-corrected chi connectivity index (χ0v) is 22.2. The molecule has 9 nitrogen and oxygen atoms in total. The minimum Gasteiger partial charge on any atom is -0.495 e. The second-order valence-corrected chi connectivity index (χ2v) is 11.5. The van der Waals surface area contributed by atoms with E-state index in [2.05, 4.69) is 15.4 Å². The van der Waals surface area contributed by atoms with Gasteiger partial charge < -0.3 is 20.1 Å². The fourth-order valence-corrected chi connectivity index (χ4v) is 6.37. The van der Waals surface area contributed by atoms with Gasteiger partial charge in [0.15, 0.2) is 0 Å². The highest BCUT2D eigenvalue weighted by atomic mass is 32.2. The van der Waals surface area contributed by atoms with Crippen molar-refractivity contribution in [1.29, 1.82) is 0 Å². The molecule has 1 aliphatic carbocycles. The Morgan fingerprint density at radius 1 is 1.05 bits per heavy atom. The third kappa shape index (κ3) is 7.30. The van der Waals surface area contributed by atoms with Crippen molar-refractivity contribution in [2.75, 3.05) is 25.6 Å². The predicted octanol–water partition coefficient (Wildman–Crippen LogP) is 3.61. The summed E-state index contributed by atoms with van der Waals surface area (Å²) in [6.45, 7) is 1.18. The summed E-state index contributed by atoms with van der Waals surface area (Å²) < 4.78 is 52.7. The van der Waals surface area contributed by atoms with Crippen molar-refractivity contribution in [1.82, 2.24) is 10.0 Å². The maximum Gasteiger partial charge on any atom is 0.251 e. The number of rotatable bonds is 10. The van der Waals surface area contributed by atoms with Crippen LogP contribution in [-0.4, -0.2) is 52.6 Å². The molecule has 0 aromatic heterocycles. The van der Waals surface area contributed by atoms with Gasteiger partial charge in [0.05, 0.1) is 7.11 Å². The number of hydrogen-bond donors (Lipinski definition) is 3. The molecule has 1 atom stereocenters. The summed E-state index contributed by atoms with van der Waals surface area (Å²) in [5, 5.41) is 5.56. The van der Waals surface area contributed by atoms with E-state index in [1.54, 1.807) is 0 Å². The molecule has 2 aromatic rings. The Morgan fingerprint density at radius 3 is 2.39 bits per heavy atom. The number of hydrogen-bond acceptors (Lipinski definition) is 6. The number of methoxy groups -OCH3 is 1. The van der Waals surface area contributed by atoms with Crippen molar-refractivity contribution in [3.63, 3.8) is 0 Å². The molecule has 38 heavy (non-hydrogen) atoms. The average Bonchev–Trinajstić information content (AvgIpc) is 3.41. The molecule has 1 saturated heterocycles. The number of anilines is 1. The van der Waals surface area contributed by atoms with Gasteiger partial charge in [-0.05, 0) is 74.4 Å². The van der Waals surface area contributed by atoms with E-state index in [1.807, 2.05) is 0 Å². The van der Waals surface area contributed by atoms with Crippen LogP contribution in [0.4, 0.5) is 10.1 Å². The van der Waals surface area contributed by atoms with Gasteiger partial charge in [-0.25, -0.2) is 17.5 Å². The van der Waals surface area contributed by atoms with Crippen LogP contribution < -0.4 is 20.1 Å². The van der Waals surface area contributed by atoms with E-state index in [0.29, 0.717) is 25.3 Å². The van der Waals surface area contributed by atoms with Crippen LogP contribution in [0.15, 0.2) is 47.4 Å². The molecule has 4 rings (SSSR count). The fraction of sp³-hybridized carbons (Fsp3) is 0.481. The van der Waals surface area contributed by atoms with Gasteiger partial charge in [-0.2, -0.15) is 0 Å². The van der Waals surface area contributed by atoms with Gasteiger partial charge >= 0.3 is 0 Å².